The van der Waals surface area contributed by atoms with Gasteiger partial charge in [0, 0.05) is 16.5 Å². The van der Waals surface area contributed by atoms with Gasteiger partial charge in [-0.2, -0.15) is 5.10 Å². The lowest BCUT2D eigenvalue weighted by molar-refractivity contribution is 0.0942. The molecule has 3 rings (SSSR count). The maximum atomic E-state index is 12.4. The molecule has 0 unspecified atom stereocenters. The zero-order valence-electron chi connectivity index (χ0n) is 11.5. The summed E-state index contributed by atoms with van der Waals surface area (Å²) in [5, 5.41) is 7.94. The fourth-order valence-electron chi connectivity index (χ4n) is 1.88. The fourth-order valence-corrected chi connectivity index (χ4v) is 3.54. The van der Waals surface area contributed by atoms with E-state index in [9.17, 15) is 4.79 Å². The average Bonchev–Trinajstić information content (AvgIpc) is 3.25. The minimum Gasteiger partial charge on any atom is -0.493 e. The predicted octanol–water partition coefficient (Wildman–Crippen LogP) is 4.53. The third-order valence-electron chi connectivity index (χ3n) is 2.92. The monoisotopic (exact) mass is 350 g/mol. The maximum absolute atomic E-state index is 12.4. The minimum atomic E-state index is -0.268. The third kappa shape index (κ3) is 2.99. The maximum Gasteiger partial charge on any atom is 0.282 e. The molecule has 3 aromatic heterocycles. The van der Waals surface area contributed by atoms with Crippen molar-refractivity contribution in [3.8, 4) is 5.75 Å². The van der Waals surface area contributed by atoms with Crippen molar-refractivity contribution in [2.45, 2.75) is 0 Å². The van der Waals surface area contributed by atoms with Gasteiger partial charge in [-0.15, -0.1) is 22.7 Å². The second-order valence-electron chi connectivity index (χ2n) is 4.30. The number of halogens is 1. The molecule has 22 heavy (non-hydrogen) atoms. The van der Waals surface area contributed by atoms with Gasteiger partial charge >= 0.3 is 0 Å². The lowest BCUT2D eigenvalue weighted by Gasteiger charge is -2.02. The van der Waals surface area contributed by atoms with E-state index in [2.05, 4.69) is 5.10 Å². The molecule has 4 nitrogen and oxygen atoms in total. The summed E-state index contributed by atoms with van der Waals surface area (Å²) >= 11 is 8.89. The van der Waals surface area contributed by atoms with E-state index in [1.807, 2.05) is 29.7 Å². The number of hydrogen-bond donors (Lipinski definition) is 0. The molecule has 0 spiro atoms. The van der Waals surface area contributed by atoms with Gasteiger partial charge in [-0.3, -0.25) is 4.79 Å². The molecule has 0 aliphatic heterocycles. The van der Waals surface area contributed by atoms with Gasteiger partial charge in [-0.25, -0.2) is 4.68 Å². The summed E-state index contributed by atoms with van der Waals surface area (Å²) in [6.07, 6.45) is 5.46. The Bertz CT molecular complexity index is 819. The van der Waals surface area contributed by atoms with E-state index in [4.69, 9.17) is 16.3 Å². The smallest absolute Gasteiger partial charge is 0.282 e. The zero-order chi connectivity index (χ0) is 15.5. The first kappa shape index (κ1) is 15.0. The van der Waals surface area contributed by atoms with E-state index in [-0.39, 0.29) is 5.91 Å². The Balaban J connectivity index is 1.82. The molecule has 0 aliphatic rings. The second-order valence-corrected chi connectivity index (χ2v) is 6.76. The van der Waals surface area contributed by atoms with Gasteiger partial charge in [0.2, 0.25) is 0 Å². The highest BCUT2D eigenvalue weighted by molar-refractivity contribution is 7.15. The van der Waals surface area contributed by atoms with Crippen molar-refractivity contribution < 1.29 is 9.53 Å². The standard InChI is InChI=1S/C15H11ClN2O2S2/c1-20-13-12(9-22-14(13)16)15(19)18-7-6-10(17-18)4-5-11-3-2-8-21-11/h2-9H,1H3/b5-4+. The molecule has 0 fully saturated rings. The highest BCUT2D eigenvalue weighted by Gasteiger charge is 2.19. The zero-order valence-corrected chi connectivity index (χ0v) is 13.9. The van der Waals surface area contributed by atoms with Crippen molar-refractivity contribution in [3.63, 3.8) is 0 Å². The van der Waals surface area contributed by atoms with E-state index < -0.39 is 0 Å². The summed E-state index contributed by atoms with van der Waals surface area (Å²) in [4.78, 5) is 13.6. The SMILES string of the molecule is COc1c(C(=O)n2ccc(/C=C/c3cccs3)n2)csc1Cl. The number of carbonyl (C=O) groups is 1. The molecule has 3 heterocycles. The normalized spacial score (nSPS) is 11.2. The van der Waals surface area contributed by atoms with Crippen molar-refractivity contribution in [2.75, 3.05) is 7.11 Å². The number of carbonyl (C=O) groups excluding carboxylic acids is 1. The number of methoxy groups -OCH3 is 1. The Kier molecular flexibility index (Phi) is 4.42. The van der Waals surface area contributed by atoms with Crippen molar-refractivity contribution in [1.82, 2.24) is 9.78 Å². The average molecular weight is 351 g/mol. The Morgan fingerprint density at radius 2 is 2.23 bits per heavy atom. The van der Waals surface area contributed by atoms with Crippen molar-refractivity contribution in [2.24, 2.45) is 0 Å². The Hall–Kier alpha value is -1.89. The van der Waals surface area contributed by atoms with Crippen molar-refractivity contribution in [1.29, 1.82) is 0 Å². The van der Waals surface area contributed by atoms with Crippen LogP contribution in [0, 0.1) is 0 Å². The summed E-state index contributed by atoms with van der Waals surface area (Å²) in [6, 6.07) is 5.78. The topological polar surface area (TPSA) is 44.1 Å². The largest absolute Gasteiger partial charge is 0.493 e. The fraction of sp³-hybridized carbons (Fsp3) is 0.0667. The van der Waals surface area contributed by atoms with E-state index in [1.165, 1.54) is 23.1 Å². The summed E-state index contributed by atoms with van der Waals surface area (Å²) < 4.78 is 6.91. The summed E-state index contributed by atoms with van der Waals surface area (Å²) in [6.45, 7) is 0. The molecule has 7 heteroatoms. The molecule has 0 aromatic carbocycles. The quantitative estimate of drug-likeness (QED) is 0.694. The second kappa shape index (κ2) is 6.48. The van der Waals surface area contributed by atoms with Crippen LogP contribution in [0.4, 0.5) is 0 Å². The number of aromatic nitrogens is 2. The highest BCUT2D eigenvalue weighted by atomic mass is 35.5. The van der Waals surface area contributed by atoms with Gasteiger partial charge in [0.25, 0.3) is 5.91 Å². The van der Waals surface area contributed by atoms with Crippen molar-refractivity contribution >= 4 is 52.3 Å². The van der Waals surface area contributed by atoms with Crippen LogP contribution in [0.5, 0.6) is 5.75 Å². The van der Waals surface area contributed by atoms with Gasteiger partial charge in [-0.05, 0) is 29.7 Å². The van der Waals surface area contributed by atoms with E-state index in [0.29, 0.717) is 21.3 Å². The molecule has 0 bridgehead atoms. The molecule has 0 radical (unpaired) electrons. The van der Waals surface area contributed by atoms with Crippen LogP contribution in [0.1, 0.15) is 20.9 Å². The summed E-state index contributed by atoms with van der Waals surface area (Å²) in [5.41, 5.74) is 1.12. The number of nitrogens with zero attached hydrogens (tertiary/aromatic N) is 2. The molecule has 112 valence electrons. The van der Waals surface area contributed by atoms with Gasteiger partial charge in [0.05, 0.1) is 18.4 Å². The molecule has 3 aromatic rings. The number of ether oxygens (including phenoxy) is 1. The first-order valence-electron chi connectivity index (χ1n) is 6.32. The summed E-state index contributed by atoms with van der Waals surface area (Å²) in [5.74, 6) is 0.124. The lowest BCUT2D eigenvalue weighted by atomic mass is 10.3. The highest BCUT2D eigenvalue weighted by Crippen LogP contribution is 2.35. The number of hydrogen-bond acceptors (Lipinski definition) is 5. The first-order valence-corrected chi connectivity index (χ1v) is 8.45. The van der Waals surface area contributed by atoms with Crippen LogP contribution in [0.3, 0.4) is 0 Å². The van der Waals surface area contributed by atoms with Crippen LogP contribution in [-0.2, 0) is 0 Å². The third-order valence-corrected chi connectivity index (χ3v) is 4.94. The Morgan fingerprint density at radius 3 is 2.95 bits per heavy atom. The van der Waals surface area contributed by atoms with Crippen LogP contribution >= 0.6 is 34.3 Å². The van der Waals surface area contributed by atoms with Crippen LogP contribution in [0.25, 0.3) is 12.2 Å². The Morgan fingerprint density at radius 1 is 1.36 bits per heavy atom. The lowest BCUT2D eigenvalue weighted by Crippen LogP contribution is -2.12. The van der Waals surface area contributed by atoms with E-state index in [0.717, 1.165) is 4.88 Å². The molecule has 0 amide bonds. The molecule has 0 atom stereocenters. The molecular formula is C15H11ClN2O2S2. The molecular weight excluding hydrogens is 340 g/mol. The number of rotatable bonds is 4. The number of thiophene rings is 2. The summed E-state index contributed by atoms with van der Waals surface area (Å²) in [7, 11) is 1.49. The van der Waals surface area contributed by atoms with Crippen LogP contribution in [-0.4, -0.2) is 22.8 Å². The van der Waals surface area contributed by atoms with Crippen LogP contribution in [0.2, 0.25) is 4.34 Å². The predicted molar refractivity (Wildman–Crippen MR) is 91.1 cm³/mol. The van der Waals surface area contributed by atoms with Crippen LogP contribution < -0.4 is 4.74 Å². The first-order chi connectivity index (χ1) is 10.7. The van der Waals surface area contributed by atoms with Crippen molar-refractivity contribution in [3.05, 3.63) is 55.6 Å². The van der Waals surface area contributed by atoms with E-state index >= 15 is 0 Å². The van der Waals surface area contributed by atoms with Crippen LogP contribution in [0.15, 0.2) is 35.2 Å². The molecule has 0 saturated heterocycles. The molecule has 0 aliphatic carbocycles. The van der Waals surface area contributed by atoms with Gasteiger partial charge in [-0.1, -0.05) is 17.7 Å². The van der Waals surface area contributed by atoms with Gasteiger partial charge in [0.1, 0.15) is 4.34 Å². The van der Waals surface area contributed by atoms with Gasteiger partial charge < -0.3 is 4.74 Å². The minimum absolute atomic E-state index is 0.268. The van der Waals surface area contributed by atoms with E-state index in [1.54, 1.807) is 29.0 Å². The van der Waals surface area contributed by atoms with Gasteiger partial charge in [0.15, 0.2) is 5.75 Å². The Labute approximate surface area is 140 Å². The molecule has 0 saturated carbocycles. The molecule has 0 N–H and O–H groups in total.